The Kier molecular flexibility index (Phi) is 6.43. The Morgan fingerprint density at radius 1 is 0.778 bits per heavy atom. The third-order valence-corrected chi connectivity index (χ3v) is 5.05. The summed E-state index contributed by atoms with van der Waals surface area (Å²) in [6, 6.07) is 23.4. The van der Waals surface area contributed by atoms with Gasteiger partial charge in [0.05, 0.1) is 23.3 Å². The van der Waals surface area contributed by atoms with Crippen molar-refractivity contribution in [3.8, 4) is 11.5 Å². The van der Waals surface area contributed by atoms with E-state index >= 15 is 0 Å². The van der Waals surface area contributed by atoms with Crippen LogP contribution in [0.3, 0.4) is 0 Å². The molecule has 27 heavy (non-hydrogen) atoms. The summed E-state index contributed by atoms with van der Waals surface area (Å²) in [6.45, 7) is 5.33. The van der Waals surface area contributed by atoms with Crippen LogP contribution in [0.5, 0.6) is 11.5 Å². The molecule has 140 valence electrons. The molecule has 0 amide bonds. The van der Waals surface area contributed by atoms with Crippen molar-refractivity contribution in [2.24, 2.45) is 0 Å². The van der Waals surface area contributed by atoms with E-state index in [1.54, 1.807) is 0 Å². The smallest absolute Gasteiger partial charge is 0.127 e. The lowest BCUT2D eigenvalue weighted by Gasteiger charge is -2.25. The summed E-state index contributed by atoms with van der Waals surface area (Å²) in [6.07, 6.45) is 0. The molecule has 0 heterocycles. The molecule has 0 aliphatic heterocycles. The summed E-state index contributed by atoms with van der Waals surface area (Å²) >= 11 is 12.2. The number of benzene rings is 3. The first kappa shape index (κ1) is 19.8. The molecule has 3 aromatic rings. The summed E-state index contributed by atoms with van der Waals surface area (Å²) in [5.41, 5.74) is 1.98. The summed E-state index contributed by atoms with van der Waals surface area (Å²) in [4.78, 5) is 0. The second-order valence-electron chi connectivity index (χ2n) is 7.07. The highest BCUT2D eigenvalue weighted by molar-refractivity contribution is 6.42. The van der Waals surface area contributed by atoms with Crippen LogP contribution in [0.1, 0.15) is 25.0 Å². The monoisotopic (exact) mass is 400 g/mol. The zero-order valence-corrected chi connectivity index (χ0v) is 16.9. The van der Waals surface area contributed by atoms with Crippen molar-refractivity contribution >= 4 is 23.2 Å². The van der Waals surface area contributed by atoms with Crippen LogP contribution >= 0.6 is 23.2 Å². The molecule has 0 spiro atoms. The van der Waals surface area contributed by atoms with Gasteiger partial charge in [-0.2, -0.15) is 0 Å². The number of rotatable bonds is 7. The number of halogens is 2. The lowest BCUT2D eigenvalue weighted by molar-refractivity contribution is 0.0824. The Morgan fingerprint density at radius 2 is 1.52 bits per heavy atom. The first-order valence-corrected chi connectivity index (χ1v) is 9.55. The molecule has 0 aliphatic rings. The molecule has 3 aromatic carbocycles. The van der Waals surface area contributed by atoms with Crippen molar-refractivity contribution in [1.82, 2.24) is 0 Å². The number of hydrogen-bond donors (Lipinski definition) is 0. The van der Waals surface area contributed by atoms with Crippen LogP contribution in [0, 0.1) is 0 Å². The van der Waals surface area contributed by atoms with E-state index in [1.807, 2.05) is 72.8 Å². The van der Waals surface area contributed by atoms with Crippen molar-refractivity contribution in [1.29, 1.82) is 0 Å². The molecule has 0 bridgehead atoms. The summed E-state index contributed by atoms with van der Waals surface area (Å²) < 4.78 is 11.9. The average molecular weight is 401 g/mol. The van der Waals surface area contributed by atoms with Crippen molar-refractivity contribution in [2.45, 2.75) is 25.9 Å². The Bertz CT molecular complexity index is 892. The topological polar surface area (TPSA) is 18.5 Å². The van der Waals surface area contributed by atoms with Crippen molar-refractivity contribution in [3.05, 3.63) is 94.0 Å². The molecule has 0 unspecified atom stereocenters. The normalized spacial score (nSPS) is 11.4. The maximum atomic E-state index is 6.15. The number of ether oxygens (including phenoxy) is 2. The van der Waals surface area contributed by atoms with E-state index in [9.17, 15) is 0 Å². The highest BCUT2D eigenvalue weighted by Gasteiger charge is 2.22. The fraction of sp³-hybridized carbons (Fsp3) is 0.217. The van der Waals surface area contributed by atoms with Gasteiger partial charge >= 0.3 is 0 Å². The van der Waals surface area contributed by atoms with Crippen LogP contribution in [-0.4, -0.2) is 6.61 Å². The van der Waals surface area contributed by atoms with Gasteiger partial charge in [-0.05, 0) is 47.5 Å². The van der Waals surface area contributed by atoms with E-state index in [0.717, 1.165) is 22.6 Å². The van der Waals surface area contributed by atoms with Crippen LogP contribution in [-0.2, 0) is 16.8 Å². The van der Waals surface area contributed by atoms with Gasteiger partial charge in [0.1, 0.15) is 11.5 Å². The van der Waals surface area contributed by atoms with Crippen LogP contribution in [0.4, 0.5) is 0 Å². The molecule has 0 aliphatic carbocycles. The Labute approximate surface area is 170 Å². The standard InChI is InChI=1S/C23H22Cl2O2/c1-23(2,18-11-12-21(24)22(25)14-18)16-26-15-17-7-6-10-20(13-17)27-19-8-4-3-5-9-19/h3-14H,15-16H2,1-2H3. The Balaban J connectivity index is 1.59. The predicted octanol–water partition coefficient (Wildman–Crippen LogP) is 7.28. The highest BCUT2D eigenvalue weighted by atomic mass is 35.5. The molecule has 0 saturated heterocycles. The highest BCUT2D eigenvalue weighted by Crippen LogP contribution is 2.30. The van der Waals surface area contributed by atoms with Gasteiger partial charge in [-0.1, -0.05) is 73.4 Å². The van der Waals surface area contributed by atoms with Gasteiger partial charge in [0.2, 0.25) is 0 Å². The fourth-order valence-electron chi connectivity index (χ4n) is 2.75. The SMILES string of the molecule is CC(C)(COCc1cccc(Oc2ccccc2)c1)c1ccc(Cl)c(Cl)c1. The zero-order valence-electron chi connectivity index (χ0n) is 15.4. The minimum Gasteiger partial charge on any atom is -0.457 e. The van der Waals surface area contributed by atoms with Crippen molar-refractivity contribution in [3.63, 3.8) is 0 Å². The van der Waals surface area contributed by atoms with Gasteiger partial charge in [0.25, 0.3) is 0 Å². The van der Waals surface area contributed by atoms with Crippen molar-refractivity contribution < 1.29 is 9.47 Å². The third kappa shape index (κ3) is 5.49. The lowest BCUT2D eigenvalue weighted by atomic mass is 9.85. The van der Waals surface area contributed by atoms with Crippen LogP contribution in [0.15, 0.2) is 72.8 Å². The quantitative estimate of drug-likeness (QED) is 0.414. The minimum atomic E-state index is -0.174. The van der Waals surface area contributed by atoms with Gasteiger partial charge in [-0.25, -0.2) is 0 Å². The van der Waals surface area contributed by atoms with E-state index in [2.05, 4.69) is 13.8 Å². The molecule has 0 saturated carbocycles. The first-order chi connectivity index (χ1) is 12.9. The molecular weight excluding hydrogens is 379 g/mol. The number of hydrogen-bond acceptors (Lipinski definition) is 2. The van der Waals surface area contributed by atoms with Crippen molar-refractivity contribution in [2.75, 3.05) is 6.61 Å². The van der Waals surface area contributed by atoms with Crippen LogP contribution < -0.4 is 4.74 Å². The Hall–Kier alpha value is -2.00. The lowest BCUT2D eigenvalue weighted by Crippen LogP contribution is -2.24. The van der Waals surface area contributed by atoms with E-state index in [0.29, 0.717) is 23.3 Å². The van der Waals surface area contributed by atoms with E-state index < -0.39 is 0 Å². The molecule has 0 aromatic heterocycles. The van der Waals surface area contributed by atoms with Gasteiger partial charge in [-0.15, -0.1) is 0 Å². The largest absolute Gasteiger partial charge is 0.457 e. The van der Waals surface area contributed by atoms with Crippen LogP contribution in [0.25, 0.3) is 0 Å². The van der Waals surface area contributed by atoms with E-state index in [1.165, 1.54) is 0 Å². The second-order valence-corrected chi connectivity index (χ2v) is 7.88. The number of para-hydroxylation sites is 1. The Morgan fingerprint density at radius 3 is 2.26 bits per heavy atom. The van der Waals surface area contributed by atoms with Crippen LogP contribution in [0.2, 0.25) is 10.0 Å². The molecule has 4 heteroatoms. The maximum Gasteiger partial charge on any atom is 0.127 e. The van der Waals surface area contributed by atoms with Gasteiger partial charge in [0, 0.05) is 5.41 Å². The van der Waals surface area contributed by atoms with Gasteiger partial charge in [-0.3, -0.25) is 0 Å². The molecule has 0 N–H and O–H groups in total. The average Bonchev–Trinajstić information content (AvgIpc) is 2.65. The predicted molar refractivity (Wildman–Crippen MR) is 112 cm³/mol. The fourth-order valence-corrected chi connectivity index (χ4v) is 3.05. The molecule has 0 fully saturated rings. The van der Waals surface area contributed by atoms with Gasteiger partial charge in [0.15, 0.2) is 0 Å². The second kappa shape index (κ2) is 8.79. The van der Waals surface area contributed by atoms with Gasteiger partial charge < -0.3 is 9.47 Å². The first-order valence-electron chi connectivity index (χ1n) is 8.79. The maximum absolute atomic E-state index is 6.15. The summed E-state index contributed by atoms with van der Waals surface area (Å²) in [5, 5.41) is 1.13. The molecule has 0 atom stereocenters. The third-order valence-electron chi connectivity index (χ3n) is 4.31. The van der Waals surface area contributed by atoms with E-state index in [4.69, 9.17) is 32.7 Å². The molecule has 3 rings (SSSR count). The minimum absolute atomic E-state index is 0.174. The molecular formula is C23H22Cl2O2. The van der Waals surface area contributed by atoms with E-state index in [-0.39, 0.29) is 5.41 Å². The molecule has 2 nitrogen and oxygen atoms in total. The summed E-state index contributed by atoms with van der Waals surface area (Å²) in [5.74, 6) is 1.61. The zero-order chi connectivity index (χ0) is 19.3. The summed E-state index contributed by atoms with van der Waals surface area (Å²) in [7, 11) is 0. The molecule has 0 radical (unpaired) electrons.